The summed E-state index contributed by atoms with van der Waals surface area (Å²) in [5.74, 6) is 0.121. The third-order valence-electron chi connectivity index (χ3n) is 5.65. The number of benzene rings is 4. The number of hydrogen-bond acceptors (Lipinski definition) is 1. The van der Waals surface area contributed by atoms with Crippen molar-refractivity contribution in [1.29, 1.82) is 0 Å². The molecule has 0 spiro atoms. The maximum atomic E-state index is 12.9. The van der Waals surface area contributed by atoms with Crippen LogP contribution in [0, 0.1) is 0 Å². The molecule has 4 aromatic carbocycles. The monoisotopic (exact) mass is 388 g/mol. The zero-order valence-electron chi connectivity index (χ0n) is 16.7. The Bertz CT molecular complexity index is 1360. The van der Waals surface area contributed by atoms with E-state index in [0.29, 0.717) is 6.54 Å². The Labute approximate surface area is 176 Å². The smallest absolute Gasteiger partial charge is 0.227 e. The number of aromatic nitrogens is 1. The van der Waals surface area contributed by atoms with Gasteiger partial charge in [-0.3, -0.25) is 4.79 Å². The summed E-state index contributed by atoms with van der Waals surface area (Å²) in [5.41, 5.74) is 3.15. The lowest BCUT2D eigenvalue weighted by Gasteiger charge is -2.09. The molecule has 0 N–H and O–H groups in total. The van der Waals surface area contributed by atoms with Gasteiger partial charge in [-0.1, -0.05) is 91.0 Å². The van der Waals surface area contributed by atoms with Gasteiger partial charge in [0.15, 0.2) is 11.9 Å². The van der Waals surface area contributed by atoms with Crippen LogP contribution in [-0.2, 0) is 13.0 Å². The molecule has 0 fully saturated rings. The fourth-order valence-electron chi connectivity index (χ4n) is 4.08. The molecule has 30 heavy (non-hydrogen) atoms. The molecule has 2 heteroatoms. The number of hydrogen-bond donors (Lipinski definition) is 0. The number of nitrogens with zero attached hydrogens (tertiary/aromatic N) is 1. The number of rotatable bonds is 5. The van der Waals surface area contributed by atoms with Gasteiger partial charge in [0.2, 0.25) is 12.3 Å². The summed E-state index contributed by atoms with van der Waals surface area (Å²) < 4.78 is 2.10. The van der Waals surface area contributed by atoms with Gasteiger partial charge >= 0.3 is 0 Å². The van der Waals surface area contributed by atoms with Crippen molar-refractivity contribution in [2.45, 2.75) is 13.0 Å². The highest BCUT2D eigenvalue weighted by molar-refractivity contribution is 5.95. The topological polar surface area (TPSA) is 20.9 Å². The van der Waals surface area contributed by atoms with Crippen LogP contribution in [0.2, 0.25) is 0 Å². The number of carbonyl (C=O) groups excluding carboxylic acids is 1. The van der Waals surface area contributed by atoms with Crippen LogP contribution in [-0.4, -0.2) is 5.78 Å². The van der Waals surface area contributed by atoms with E-state index in [2.05, 4.69) is 77.4 Å². The summed E-state index contributed by atoms with van der Waals surface area (Å²) in [7, 11) is 0. The molecule has 0 aliphatic heterocycles. The van der Waals surface area contributed by atoms with E-state index in [1.54, 1.807) is 0 Å². The molecule has 5 aromatic rings. The number of Topliss-reactive ketones (excluding diaryl/α,β-unsaturated/α-hetero) is 1. The zero-order valence-corrected chi connectivity index (χ0v) is 16.7. The average Bonchev–Trinajstić information content (AvgIpc) is 2.81. The Morgan fingerprint density at radius 1 is 0.667 bits per heavy atom. The first-order chi connectivity index (χ1) is 14.8. The molecular formula is C28H22NO+. The maximum absolute atomic E-state index is 12.9. The summed E-state index contributed by atoms with van der Waals surface area (Å²) >= 11 is 0. The van der Waals surface area contributed by atoms with Crippen molar-refractivity contribution in [3.05, 3.63) is 126 Å². The third-order valence-corrected chi connectivity index (χ3v) is 5.65. The molecule has 1 heterocycles. The van der Waals surface area contributed by atoms with Crippen molar-refractivity contribution < 1.29 is 9.36 Å². The molecule has 0 bridgehead atoms. The molecular weight excluding hydrogens is 366 g/mol. The summed E-state index contributed by atoms with van der Waals surface area (Å²) in [5, 5.41) is 4.86. The van der Waals surface area contributed by atoms with E-state index in [-0.39, 0.29) is 5.78 Å². The maximum Gasteiger partial charge on any atom is 0.227 e. The highest BCUT2D eigenvalue weighted by Gasteiger charge is 2.20. The van der Waals surface area contributed by atoms with Crippen LogP contribution >= 0.6 is 0 Å². The van der Waals surface area contributed by atoms with Gasteiger partial charge in [0.25, 0.3) is 0 Å². The Kier molecular flexibility index (Phi) is 4.82. The number of carbonyl (C=O) groups is 1. The van der Waals surface area contributed by atoms with Crippen molar-refractivity contribution in [2.75, 3.05) is 0 Å². The molecule has 0 amide bonds. The number of fused-ring (bicyclic) bond motifs is 2. The van der Waals surface area contributed by atoms with Gasteiger partial charge in [0.1, 0.15) is 0 Å². The highest BCUT2D eigenvalue weighted by atomic mass is 16.1. The van der Waals surface area contributed by atoms with Crippen LogP contribution in [0.4, 0.5) is 0 Å². The molecule has 0 unspecified atom stereocenters. The minimum atomic E-state index is 0.121. The molecule has 0 saturated heterocycles. The van der Waals surface area contributed by atoms with E-state index in [4.69, 9.17) is 0 Å². The second-order valence-corrected chi connectivity index (χ2v) is 7.63. The lowest BCUT2D eigenvalue weighted by Crippen LogP contribution is -2.42. The van der Waals surface area contributed by atoms with Gasteiger partial charge in [0, 0.05) is 17.0 Å². The molecule has 0 aliphatic rings. The van der Waals surface area contributed by atoms with Gasteiger partial charge in [-0.15, -0.1) is 0 Å². The third kappa shape index (κ3) is 3.60. The number of pyridine rings is 1. The van der Waals surface area contributed by atoms with Crippen LogP contribution in [0.3, 0.4) is 0 Å². The summed E-state index contributed by atoms with van der Waals surface area (Å²) in [4.78, 5) is 12.9. The fraction of sp³-hybridized carbons (Fsp3) is 0.0714. The van der Waals surface area contributed by atoms with Gasteiger partial charge in [-0.2, -0.15) is 4.57 Å². The van der Waals surface area contributed by atoms with Crippen LogP contribution in [0.15, 0.2) is 109 Å². The van der Waals surface area contributed by atoms with E-state index in [0.717, 1.165) is 17.7 Å². The first-order valence-electron chi connectivity index (χ1n) is 10.2. The predicted octanol–water partition coefficient (Wildman–Crippen LogP) is 5.75. The van der Waals surface area contributed by atoms with E-state index in [9.17, 15) is 4.79 Å². The average molecular weight is 388 g/mol. The standard InChI is InChI=1S/C28H22NO/c30-28(24-10-2-1-3-11-24)20-29-17-16-23-9-6-7-13-26(23)27(29)19-21-14-15-22-8-4-5-12-25(22)18-21/h1-18H,19-20H2/q+1. The first kappa shape index (κ1) is 18.3. The molecule has 0 radical (unpaired) electrons. The first-order valence-corrected chi connectivity index (χ1v) is 10.2. The molecule has 2 nitrogen and oxygen atoms in total. The molecule has 5 rings (SSSR count). The zero-order chi connectivity index (χ0) is 20.3. The molecule has 144 valence electrons. The Balaban J connectivity index is 1.57. The van der Waals surface area contributed by atoms with Crippen LogP contribution in [0.1, 0.15) is 21.6 Å². The van der Waals surface area contributed by atoms with Gasteiger partial charge in [-0.25, -0.2) is 0 Å². The lowest BCUT2D eigenvalue weighted by molar-refractivity contribution is -0.688. The predicted molar refractivity (Wildman–Crippen MR) is 122 cm³/mol. The van der Waals surface area contributed by atoms with Crippen molar-refractivity contribution in [2.24, 2.45) is 0 Å². The molecule has 0 aliphatic carbocycles. The van der Waals surface area contributed by atoms with Crippen molar-refractivity contribution in [3.8, 4) is 0 Å². The van der Waals surface area contributed by atoms with Crippen LogP contribution in [0.25, 0.3) is 21.5 Å². The van der Waals surface area contributed by atoms with E-state index < -0.39 is 0 Å². The quantitative estimate of drug-likeness (QED) is 0.277. The SMILES string of the molecule is O=C(C[n+]1ccc2ccccc2c1Cc1ccc2ccccc2c1)c1ccccc1. The van der Waals surface area contributed by atoms with E-state index in [1.807, 2.05) is 36.5 Å². The fourth-order valence-corrected chi connectivity index (χ4v) is 4.08. The largest absolute Gasteiger partial charge is 0.287 e. The van der Waals surface area contributed by atoms with E-state index >= 15 is 0 Å². The Morgan fingerprint density at radius 2 is 1.37 bits per heavy atom. The van der Waals surface area contributed by atoms with Crippen LogP contribution < -0.4 is 4.57 Å². The minimum Gasteiger partial charge on any atom is -0.287 e. The van der Waals surface area contributed by atoms with Gasteiger partial charge in [-0.05, 0) is 27.8 Å². The second-order valence-electron chi connectivity index (χ2n) is 7.63. The van der Waals surface area contributed by atoms with Gasteiger partial charge in [0.05, 0.1) is 6.42 Å². The summed E-state index contributed by atoms with van der Waals surface area (Å²) in [6.07, 6.45) is 2.81. The number of ketones is 1. The van der Waals surface area contributed by atoms with Crippen molar-refractivity contribution >= 4 is 27.3 Å². The van der Waals surface area contributed by atoms with Crippen molar-refractivity contribution in [1.82, 2.24) is 0 Å². The second kappa shape index (κ2) is 7.92. The highest BCUT2D eigenvalue weighted by Crippen LogP contribution is 2.21. The molecule has 0 saturated carbocycles. The van der Waals surface area contributed by atoms with Crippen LogP contribution in [0.5, 0.6) is 0 Å². The summed E-state index contributed by atoms with van der Waals surface area (Å²) in [6.45, 7) is 0.331. The Hall–Kier alpha value is -3.78. The molecule has 0 atom stereocenters. The minimum absolute atomic E-state index is 0.121. The Morgan fingerprint density at radius 3 is 2.20 bits per heavy atom. The normalized spacial score (nSPS) is 11.1. The van der Waals surface area contributed by atoms with Crippen molar-refractivity contribution in [3.63, 3.8) is 0 Å². The van der Waals surface area contributed by atoms with Gasteiger partial charge < -0.3 is 0 Å². The van der Waals surface area contributed by atoms with E-state index in [1.165, 1.54) is 27.1 Å². The molecule has 1 aromatic heterocycles. The summed E-state index contributed by atoms with van der Waals surface area (Å²) in [6, 6.07) is 35.0. The lowest BCUT2D eigenvalue weighted by atomic mass is 10.00.